The van der Waals surface area contributed by atoms with E-state index in [9.17, 15) is 0 Å². The molecular weight excluding hydrogens is 276 g/mol. The van der Waals surface area contributed by atoms with Gasteiger partial charge in [0.25, 0.3) is 0 Å². The molecule has 0 heterocycles. The highest BCUT2D eigenvalue weighted by Crippen LogP contribution is 2.34. The molecule has 0 spiro atoms. The van der Waals surface area contributed by atoms with Crippen LogP contribution in [-0.2, 0) is 0 Å². The normalized spacial score (nSPS) is 13.7. The molecule has 0 fully saturated rings. The van der Waals surface area contributed by atoms with Gasteiger partial charge in [-0.2, -0.15) is 0 Å². The van der Waals surface area contributed by atoms with Crippen LogP contribution in [0.25, 0.3) is 5.57 Å². The molecule has 0 saturated heterocycles. The van der Waals surface area contributed by atoms with Gasteiger partial charge in [0.05, 0.1) is 0 Å². The van der Waals surface area contributed by atoms with Gasteiger partial charge in [-0.05, 0) is 48.1 Å². The first-order chi connectivity index (χ1) is 11.2. The van der Waals surface area contributed by atoms with Crippen LogP contribution in [0.1, 0.15) is 49.8 Å². The van der Waals surface area contributed by atoms with Crippen molar-refractivity contribution in [1.29, 1.82) is 0 Å². The van der Waals surface area contributed by atoms with Crippen LogP contribution in [0.5, 0.6) is 0 Å². The molecule has 2 aromatic rings. The van der Waals surface area contributed by atoms with Crippen molar-refractivity contribution < 1.29 is 0 Å². The monoisotopic (exact) mass is 302 g/mol. The average molecular weight is 302 g/mol. The summed E-state index contributed by atoms with van der Waals surface area (Å²) in [5.74, 6) is 0.408. The van der Waals surface area contributed by atoms with Crippen molar-refractivity contribution in [1.82, 2.24) is 0 Å². The Bertz CT molecular complexity index is 702. The lowest BCUT2D eigenvalue weighted by Gasteiger charge is -2.21. The quantitative estimate of drug-likeness (QED) is 0.517. The van der Waals surface area contributed by atoms with E-state index in [0.29, 0.717) is 5.92 Å². The molecule has 0 aliphatic heterocycles. The number of benzene rings is 2. The summed E-state index contributed by atoms with van der Waals surface area (Å²) >= 11 is 0. The number of rotatable bonds is 6. The van der Waals surface area contributed by atoms with Crippen molar-refractivity contribution in [2.45, 2.75) is 33.1 Å². The fourth-order valence-corrected chi connectivity index (χ4v) is 3.08. The van der Waals surface area contributed by atoms with Gasteiger partial charge in [-0.3, -0.25) is 0 Å². The summed E-state index contributed by atoms with van der Waals surface area (Å²) in [6, 6.07) is 19.5. The van der Waals surface area contributed by atoms with E-state index in [1.807, 2.05) is 6.08 Å². The van der Waals surface area contributed by atoms with Gasteiger partial charge in [-0.1, -0.05) is 86.3 Å². The third kappa shape index (κ3) is 3.90. The summed E-state index contributed by atoms with van der Waals surface area (Å²) in [6.45, 7) is 10.4. The van der Waals surface area contributed by atoms with Gasteiger partial charge in [0.2, 0.25) is 0 Å². The minimum absolute atomic E-state index is 0.408. The summed E-state index contributed by atoms with van der Waals surface area (Å²) in [4.78, 5) is 0. The molecule has 0 aliphatic carbocycles. The van der Waals surface area contributed by atoms with Crippen LogP contribution in [0, 0.1) is 0 Å². The van der Waals surface area contributed by atoms with Crippen molar-refractivity contribution in [3.63, 3.8) is 0 Å². The zero-order chi connectivity index (χ0) is 16.7. The largest absolute Gasteiger partial charge is 0.0988 e. The van der Waals surface area contributed by atoms with E-state index in [4.69, 9.17) is 0 Å². The molecule has 0 saturated carbocycles. The van der Waals surface area contributed by atoms with Crippen molar-refractivity contribution in [2.75, 3.05) is 0 Å². The van der Waals surface area contributed by atoms with Crippen molar-refractivity contribution in [2.24, 2.45) is 0 Å². The summed E-state index contributed by atoms with van der Waals surface area (Å²) in [7, 11) is 0. The summed E-state index contributed by atoms with van der Waals surface area (Å²) in [5.41, 5.74) is 6.53. The fraction of sp³-hybridized carbons (Fsp3) is 0.217. The second-order valence-corrected chi connectivity index (χ2v) is 5.76. The van der Waals surface area contributed by atoms with Crippen molar-refractivity contribution in [3.05, 3.63) is 102 Å². The topological polar surface area (TPSA) is 0 Å². The second-order valence-electron chi connectivity index (χ2n) is 5.76. The highest BCUT2D eigenvalue weighted by Gasteiger charge is 2.17. The van der Waals surface area contributed by atoms with Crippen molar-refractivity contribution >= 4 is 5.57 Å². The first-order valence-corrected chi connectivity index (χ1v) is 8.33. The molecule has 0 heteroatoms. The molecule has 0 aliphatic rings. The maximum Gasteiger partial charge on any atom is 0.00928 e. The number of hydrogen-bond donors (Lipinski definition) is 0. The summed E-state index contributed by atoms with van der Waals surface area (Å²) < 4.78 is 0. The Labute approximate surface area is 140 Å². The fourth-order valence-electron chi connectivity index (χ4n) is 3.08. The molecule has 118 valence electrons. The lowest BCUT2D eigenvalue weighted by molar-refractivity contribution is 0.775. The first kappa shape index (κ1) is 17.0. The zero-order valence-electron chi connectivity index (χ0n) is 14.4. The predicted molar refractivity (Wildman–Crippen MR) is 103 cm³/mol. The molecule has 0 bridgehead atoms. The molecule has 23 heavy (non-hydrogen) atoms. The van der Waals surface area contributed by atoms with Crippen LogP contribution < -0.4 is 0 Å². The maximum atomic E-state index is 3.95. The SMILES string of the molecule is C=C/C(C)=C(\C=C/C)c1ccccc1C(CC)c1ccccc1. The number of hydrogen-bond acceptors (Lipinski definition) is 0. The van der Waals surface area contributed by atoms with E-state index in [1.165, 1.54) is 27.8 Å². The molecule has 0 radical (unpaired) electrons. The Morgan fingerprint density at radius 1 is 1.04 bits per heavy atom. The van der Waals surface area contributed by atoms with E-state index in [-0.39, 0.29) is 0 Å². The maximum absolute atomic E-state index is 3.95. The second kappa shape index (κ2) is 8.33. The van der Waals surface area contributed by atoms with Crippen LogP contribution in [0.2, 0.25) is 0 Å². The zero-order valence-corrected chi connectivity index (χ0v) is 14.4. The summed E-state index contributed by atoms with van der Waals surface area (Å²) in [5, 5.41) is 0. The van der Waals surface area contributed by atoms with Crippen LogP contribution in [-0.4, -0.2) is 0 Å². The van der Waals surface area contributed by atoms with Gasteiger partial charge >= 0.3 is 0 Å². The molecule has 0 N–H and O–H groups in total. The number of allylic oxidation sites excluding steroid dienone is 5. The van der Waals surface area contributed by atoms with E-state index < -0.39 is 0 Å². The van der Waals surface area contributed by atoms with Gasteiger partial charge in [0.1, 0.15) is 0 Å². The molecule has 0 nitrogen and oxygen atoms in total. The van der Waals surface area contributed by atoms with Crippen LogP contribution in [0.15, 0.2) is 85.0 Å². The molecule has 0 amide bonds. The third-order valence-corrected chi connectivity index (χ3v) is 4.30. The van der Waals surface area contributed by atoms with E-state index >= 15 is 0 Å². The molecule has 0 aromatic heterocycles. The highest BCUT2D eigenvalue weighted by molar-refractivity contribution is 5.80. The van der Waals surface area contributed by atoms with E-state index in [1.54, 1.807) is 0 Å². The minimum atomic E-state index is 0.408. The van der Waals surface area contributed by atoms with Gasteiger partial charge < -0.3 is 0 Å². The predicted octanol–water partition coefficient (Wildman–Crippen LogP) is 6.76. The molecule has 2 aromatic carbocycles. The Hall–Kier alpha value is -2.34. The standard InChI is InChI=1S/C23H26/c1-5-13-21(18(4)6-2)23-17-12-11-16-22(23)20(7-3)19-14-9-8-10-15-19/h5-6,8-17,20H,2,7H2,1,3-4H3/b13-5-,21-18+. The van der Waals surface area contributed by atoms with Crippen LogP contribution in [0.3, 0.4) is 0 Å². The van der Waals surface area contributed by atoms with Crippen LogP contribution >= 0.6 is 0 Å². The smallest absolute Gasteiger partial charge is 0.00928 e. The van der Waals surface area contributed by atoms with Crippen LogP contribution in [0.4, 0.5) is 0 Å². The summed E-state index contributed by atoms with van der Waals surface area (Å²) in [6.07, 6.45) is 7.31. The van der Waals surface area contributed by atoms with E-state index in [2.05, 4.69) is 94.1 Å². The Kier molecular flexibility index (Phi) is 6.17. The van der Waals surface area contributed by atoms with E-state index in [0.717, 1.165) is 6.42 Å². The van der Waals surface area contributed by atoms with Gasteiger partial charge in [-0.25, -0.2) is 0 Å². The van der Waals surface area contributed by atoms with Gasteiger partial charge in [0, 0.05) is 5.92 Å². The molecular formula is C23H26. The first-order valence-electron chi connectivity index (χ1n) is 8.33. The van der Waals surface area contributed by atoms with Gasteiger partial charge in [-0.15, -0.1) is 0 Å². The Morgan fingerprint density at radius 2 is 1.70 bits per heavy atom. The third-order valence-electron chi connectivity index (χ3n) is 4.30. The Morgan fingerprint density at radius 3 is 2.30 bits per heavy atom. The lowest BCUT2D eigenvalue weighted by atomic mass is 9.83. The minimum Gasteiger partial charge on any atom is -0.0988 e. The van der Waals surface area contributed by atoms with Gasteiger partial charge in [0.15, 0.2) is 0 Å². The molecule has 1 unspecified atom stereocenters. The average Bonchev–Trinajstić information content (AvgIpc) is 2.61. The lowest BCUT2D eigenvalue weighted by Crippen LogP contribution is -2.03. The highest BCUT2D eigenvalue weighted by atomic mass is 14.2. The molecule has 2 rings (SSSR count). The Balaban J connectivity index is 2.63. The molecule has 1 atom stereocenters. The van der Waals surface area contributed by atoms with Crippen molar-refractivity contribution in [3.8, 4) is 0 Å².